The number of nitrogens with zero attached hydrogens (tertiary/aromatic N) is 2. The van der Waals surface area contributed by atoms with Crippen LogP contribution in [0.15, 0.2) is 36.4 Å². The molecule has 3 aromatic rings. The van der Waals surface area contributed by atoms with Crippen LogP contribution in [-0.2, 0) is 4.79 Å². The third kappa shape index (κ3) is 4.60. The average Bonchev–Trinajstić information content (AvgIpc) is 3.06. The molecule has 5 nitrogen and oxygen atoms in total. The molecule has 2 aromatic carbocycles. The Bertz CT molecular complexity index is 1120. The van der Waals surface area contributed by atoms with Crippen LogP contribution in [0.5, 0.6) is 0 Å². The molecule has 1 aromatic heterocycles. The van der Waals surface area contributed by atoms with Gasteiger partial charge in [0.15, 0.2) is 0 Å². The van der Waals surface area contributed by atoms with Crippen LogP contribution in [0.3, 0.4) is 0 Å². The third-order valence-corrected chi connectivity index (χ3v) is 6.39. The van der Waals surface area contributed by atoms with Crippen molar-refractivity contribution in [2.45, 2.75) is 34.6 Å². The molecule has 2 amide bonds. The van der Waals surface area contributed by atoms with Gasteiger partial charge in [0.1, 0.15) is 9.88 Å². The number of hydrogen-bond donors (Lipinski definition) is 1. The summed E-state index contributed by atoms with van der Waals surface area (Å²) < 4.78 is 0. The van der Waals surface area contributed by atoms with Gasteiger partial charge in [0.25, 0.3) is 5.91 Å². The van der Waals surface area contributed by atoms with E-state index in [1.807, 2.05) is 58.0 Å². The van der Waals surface area contributed by atoms with E-state index in [2.05, 4.69) is 23.3 Å². The lowest BCUT2D eigenvalue weighted by atomic mass is 10.1. The van der Waals surface area contributed by atoms with Crippen molar-refractivity contribution >= 4 is 28.8 Å². The zero-order valence-corrected chi connectivity index (χ0v) is 19.1. The maximum atomic E-state index is 13.0. The summed E-state index contributed by atoms with van der Waals surface area (Å²) in [5, 5.41) is 3.72. The predicted molar refractivity (Wildman–Crippen MR) is 123 cm³/mol. The quantitative estimate of drug-likeness (QED) is 0.626. The van der Waals surface area contributed by atoms with E-state index in [1.165, 1.54) is 21.8 Å². The molecule has 0 fully saturated rings. The van der Waals surface area contributed by atoms with E-state index in [0.717, 1.165) is 32.9 Å². The van der Waals surface area contributed by atoms with Gasteiger partial charge in [0, 0.05) is 18.3 Å². The molecule has 0 bridgehead atoms. The molecular formula is C24H27N3O2S. The molecule has 0 radical (unpaired) electrons. The number of amides is 2. The lowest BCUT2D eigenvalue weighted by Crippen LogP contribution is -2.35. The minimum absolute atomic E-state index is 0.0253. The molecular weight excluding hydrogens is 394 g/mol. The van der Waals surface area contributed by atoms with E-state index in [4.69, 9.17) is 0 Å². The van der Waals surface area contributed by atoms with Crippen molar-refractivity contribution in [3.63, 3.8) is 0 Å². The fraction of sp³-hybridized carbons (Fsp3) is 0.292. The number of thiazole rings is 1. The highest BCUT2D eigenvalue weighted by atomic mass is 32.1. The number of nitrogens with one attached hydrogen (secondary N) is 1. The van der Waals surface area contributed by atoms with Crippen LogP contribution in [0.25, 0.3) is 10.6 Å². The Kier molecular flexibility index (Phi) is 6.37. The smallest absolute Gasteiger partial charge is 0.266 e. The van der Waals surface area contributed by atoms with Gasteiger partial charge in [0.2, 0.25) is 5.91 Å². The van der Waals surface area contributed by atoms with Gasteiger partial charge in [-0.25, -0.2) is 4.98 Å². The summed E-state index contributed by atoms with van der Waals surface area (Å²) in [6, 6.07) is 12.0. The number of aryl methyl sites for hydroxylation is 4. The summed E-state index contributed by atoms with van der Waals surface area (Å²) in [6.45, 7) is 9.88. The first-order chi connectivity index (χ1) is 14.2. The molecule has 0 aliphatic rings. The first kappa shape index (κ1) is 21.7. The Morgan fingerprint density at radius 1 is 1.03 bits per heavy atom. The van der Waals surface area contributed by atoms with E-state index >= 15 is 0 Å². The van der Waals surface area contributed by atoms with Gasteiger partial charge < -0.3 is 10.2 Å². The van der Waals surface area contributed by atoms with Crippen LogP contribution in [0, 0.1) is 34.6 Å². The zero-order chi connectivity index (χ0) is 22.0. The SMILES string of the molecule is Cc1ccc(-c2nc(C)c(C(=O)N(C)CC(=O)Nc3cccc(C)c3C)s2)c(C)c1. The second-order valence-electron chi connectivity index (χ2n) is 7.71. The van der Waals surface area contributed by atoms with Crippen molar-refractivity contribution in [1.29, 1.82) is 0 Å². The highest BCUT2D eigenvalue weighted by Gasteiger charge is 2.22. The zero-order valence-electron chi connectivity index (χ0n) is 18.3. The van der Waals surface area contributed by atoms with Gasteiger partial charge >= 0.3 is 0 Å². The molecule has 6 heteroatoms. The number of carbonyl (C=O) groups excluding carboxylic acids is 2. The number of anilines is 1. The van der Waals surface area contributed by atoms with Gasteiger partial charge in [0.05, 0.1) is 12.2 Å². The first-order valence-corrected chi connectivity index (χ1v) is 10.7. The van der Waals surface area contributed by atoms with Crippen molar-refractivity contribution in [1.82, 2.24) is 9.88 Å². The Hall–Kier alpha value is -2.99. The van der Waals surface area contributed by atoms with Crippen LogP contribution in [0.1, 0.15) is 37.6 Å². The maximum Gasteiger partial charge on any atom is 0.266 e. The highest BCUT2D eigenvalue weighted by Crippen LogP contribution is 2.31. The third-order valence-electron chi connectivity index (χ3n) is 5.21. The van der Waals surface area contributed by atoms with E-state index in [9.17, 15) is 9.59 Å². The minimum atomic E-state index is -0.226. The summed E-state index contributed by atoms with van der Waals surface area (Å²) in [5.41, 5.74) is 6.93. The number of hydrogen-bond acceptors (Lipinski definition) is 4. The summed E-state index contributed by atoms with van der Waals surface area (Å²) in [6.07, 6.45) is 0. The van der Waals surface area contributed by atoms with Crippen LogP contribution in [-0.4, -0.2) is 35.3 Å². The molecule has 0 saturated heterocycles. The fourth-order valence-corrected chi connectivity index (χ4v) is 4.45. The number of benzene rings is 2. The van der Waals surface area contributed by atoms with Gasteiger partial charge in [-0.15, -0.1) is 11.3 Å². The normalized spacial score (nSPS) is 10.7. The summed E-state index contributed by atoms with van der Waals surface area (Å²) in [5.74, 6) is -0.423. The molecule has 0 spiro atoms. The summed E-state index contributed by atoms with van der Waals surface area (Å²) in [7, 11) is 1.64. The first-order valence-electron chi connectivity index (χ1n) is 9.84. The second-order valence-corrected chi connectivity index (χ2v) is 8.71. The van der Waals surface area contributed by atoms with E-state index in [1.54, 1.807) is 7.05 Å². The lowest BCUT2D eigenvalue weighted by molar-refractivity contribution is -0.116. The Balaban J connectivity index is 1.74. The molecule has 3 rings (SSSR count). The van der Waals surface area contributed by atoms with Crippen LogP contribution < -0.4 is 5.32 Å². The standard InChI is InChI=1S/C24H27N3O2S/c1-14-10-11-19(16(3)12-14)23-25-18(5)22(30-23)24(29)27(6)13-21(28)26-20-9-7-8-15(2)17(20)4/h7-12H,13H2,1-6H3,(H,26,28). The summed E-state index contributed by atoms with van der Waals surface area (Å²) in [4.78, 5) is 32.1. The van der Waals surface area contributed by atoms with Crippen LogP contribution >= 0.6 is 11.3 Å². The van der Waals surface area contributed by atoms with Crippen molar-refractivity contribution in [2.75, 3.05) is 18.9 Å². The number of aromatic nitrogens is 1. The Morgan fingerprint density at radius 3 is 2.47 bits per heavy atom. The van der Waals surface area contributed by atoms with Crippen LogP contribution in [0.4, 0.5) is 5.69 Å². The van der Waals surface area contributed by atoms with Crippen molar-refractivity contribution < 1.29 is 9.59 Å². The Labute approximate surface area is 181 Å². The van der Waals surface area contributed by atoms with E-state index in [-0.39, 0.29) is 18.4 Å². The van der Waals surface area contributed by atoms with Gasteiger partial charge in [-0.1, -0.05) is 35.9 Å². The maximum absolute atomic E-state index is 13.0. The van der Waals surface area contributed by atoms with Crippen LogP contribution in [0.2, 0.25) is 0 Å². The number of rotatable bonds is 5. The molecule has 30 heavy (non-hydrogen) atoms. The monoisotopic (exact) mass is 421 g/mol. The topological polar surface area (TPSA) is 62.3 Å². The van der Waals surface area contributed by atoms with Crippen molar-refractivity contribution in [2.24, 2.45) is 0 Å². The molecule has 0 atom stereocenters. The molecule has 1 heterocycles. The van der Waals surface area contributed by atoms with E-state index < -0.39 is 0 Å². The number of carbonyl (C=O) groups is 2. The van der Waals surface area contributed by atoms with Crippen molar-refractivity contribution in [3.8, 4) is 10.6 Å². The number of likely N-dealkylation sites (N-methyl/N-ethyl adjacent to an activating group) is 1. The van der Waals surface area contributed by atoms with Crippen molar-refractivity contribution in [3.05, 3.63) is 69.2 Å². The highest BCUT2D eigenvalue weighted by molar-refractivity contribution is 7.17. The molecule has 0 unspecified atom stereocenters. The lowest BCUT2D eigenvalue weighted by Gasteiger charge is -2.17. The molecule has 156 valence electrons. The Morgan fingerprint density at radius 2 is 1.77 bits per heavy atom. The molecule has 0 saturated carbocycles. The molecule has 0 aliphatic carbocycles. The second kappa shape index (κ2) is 8.79. The van der Waals surface area contributed by atoms with Gasteiger partial charge in [-0.2, -0.15) is 0 Å². The predicted octanol–water partition coefficient (Wildman–Crippen LogP) is 5.06. The van der Waals surface area contributed by atoms with E-state index in [0.29, 0.717) is 10.6 Å². The van der Waals surface area contributed by atoms with Gasteiger partial charge in [-0.3, -0.25) is 9.59 Å². The largest absolute Gasteiger partial charge is 0.332 e. The minimum Gasteiger partial charge on any atom is -0.332 e. The molecule has 0 aliphatic heterocycles. The fourth-order valence-electron chi connectivity index (χ4n) is 3.30. The summed E-state index contributed by atoms with van der Waals surface area (Å²) >= 11 is 1.37. The average molecular weight is 422 g/mol. The molecule has 1 N–H and O–H groups in total. The van der Waals surface area contributed by atoms with Gasteiger partial charge in [-0.05, 0) is 57.4 Å².